The predicted octanol–water partition coefficient (Wildman–Crippen LogP) is 3.31. The lowest BCUT2D eigenvalue weighted by Gasteiger charge is -2.07. The second kappa shape index (κ2) is 8.46. The number of anilines is 1. The zero-order chi connectivity index (χ0) is 15.8. The number of aliphatic hydroxyl groups is 1. The highest BCUT2D eigenvalue weighted by atomic mass is 32.2. The third-order valence-corrected chi connectivity index (χ3v) is 3.91. The monoisotopic (exact) mass is 317 g/mol. The largest absolute Gasteiger partial charge is 0.494 e. The van der Waals surface area contributed by atoms with Crippen LogP contribution in [0.25, 0.3) is 0 Å². The molecule has 0 saturated carbocycles. The molecule has 0 bridgehead atoms. The third kappa shape index (κ3) is 5.09. The van der Waals surface area contributed by atoms with E-state index < -0.39 is 0 Å². The number of rotatable bonds is 7. The van der Waals surface area contributed by atoms with Crippen molar-refractivity contribution in [3.05, 3.63) is 54.1 Å². The number of carbonyl (C=O) groups excluding carboxylic acids is 1. The summed E-state index contributed by atoms with van der Waals surface area (Å²) < 4.78 is 5.38. The normalized spacial score (nSPS) is 10.3. The van der Waals surface area contributed by atoms with Gasteiger partial charge in [-0.15, -0.1) is 11.8 Å². The van der Waals surface area contributed by atoms with E-state index >= 15 is 0 Å². The topological polar surface area (TPSA) is 58.6 Å². The lowest BCUT2D eigenvalue weighted by molar-refractivity contribution is -0.113. The Morgan fingerprint density at radius 3 is 2.68 bits per heavy atom. The van der Waals surface area contributed by atoms with E-state index in [9.17, 15) is 4.79 Å². The van der Waals surface area contributed by atoms with Gasteiger partial charge in [0.25, 0.3) is 0 Å². The van der Waals surface area contributed by atoms with Gasteiger partial charge in [0.2, 0.25) is 5.91 Å². The Kier molecular flexibility index (Phi) is 6.30. The number of nitrogens with one attached hydrogen (secondary N) is 1. The second-order valence-electron chi connectivity index (χ2n) is 4.60. The Bertz CT molecular complexity index is 614. The molecule has 0 aromatic heterocycles. The zero-order valence-electron chi connectivity index (χ0n) is 12.4. The molecule has 0 spiro atoms. The van der Waals surface area contributed by atoms with E-state index in [1.807, 2.05) is 37.3 Å². The van der Waals surface area contributed by atoms with Crippen LogP contribution in [0.4, 0.5) is 5.69 Å². The van der Waals surface area contributed by atoms with Gasteiger partial charge in [-0.25, -0.2) is 0 Å². The summed E-state index contributed by atoms with van der Waals surface area (Å²) in [5, 5.41) is 11.9. The molecule has 0 unspecified atom stereocenters. The van der Waals surface area contributed by atoms with E-state index in [-0.39, 0.29) is 12.5 Å². The van der Waals surface area contributed by atoms with E-state index in [2.05, 4.69) is 5.32 Å². The van der Waals surface area contributed by atoms with Crippen LogP contribution in [-0.4, -0.2) is 23.4 Å². The second-order valence-corrected chi connectivity index (χ2v) is 5.65. The summed E-state index contributed by atoms with van der Waals surface area (Å²) in [6, 6.07) is 14.9. The Morgan fingerprint density at radius 2 is 2.00 bits per heavy atom. The molecule has 0 radical (unpaired) electrons. The minimum Gasteiger partial charge on any atom is -0.494 e. The molecule has 4 nitrogen and oxygen atoms in total. The summed E-state index contributed by atoms with van der Waals surface area (Å²) in [6.07, 6.45) is 0. The number of hydrogen-bond donors (Lipinski definition) is 2. The van der Waals surface area contributed by atoms with Crippen molar-refractivity contribution >= 4 is 23.4 Å². The van der Waals surface area contributed by atoms with Gasteiger partial charge >= 0.3 is 0 Å². The maximum atomic E-state index is 11.9. The van der Waals surface area contributed by atoms with Crippen molar-refractivity contribution in [1.82, 2.24) is 0 Å². The Morgan fingerprint density at radius 1 is 1.23 bits per heavy atom. The zero-order valence-corrected chi connectivity index (χ0v) is 13.2. The lowest BCUT2D eigenvalue weighted by Crippen LogP contribution is -2.14. The molecule has 116 valence electrons. The van der Waals surface area contributed by atoms with Gasteiger partial charge in [-0.05, 0) is 48.9 Å². The third-order valence-electron chi connectivity index (χ3n) is 2.90. The van der Waals surface area contributed by atoms with Crippen molar-refractivity contribution in [3.63, 3.8) is 0 Å². The molecule has 2 N–H and O–H groups in total. The molecule has 1 amide bonds. The van der Waals surface area contributed by atoms with Crippen molar-refractivity contribution < 1.29 is 14.6 Å². The number of aliphatic hydroxyl groups excluding tert-OH is 1. The van der Waals surface area contributed by atoms with Gasteiger partial charge in [0.15, 0.2) is 0 Å². The molecule has 5 heteroatoms. The van der Waals surface area contributed by atoms with Gasteiger partial charge < -0.3 is 15.2 Å². The van der Waals surface area contributed by atoms with E-state index in [1.54, 1.807) is 18.2 Å². The van der Waals surface area contributed by atoms with Crippen molar-refractivity contribution in [1.29, 1.82) is 0 Å². The van der Waals surface area contributed by atoms with Crippen LogP contribution in [0, 0.1) is 0 Å². The molecular formula is C17H19NO3S. The van der Waals surface area contributed by atoms with Crippen LogP contribution in [0.1, 0.15) is 12.5 Å². The molecule has 0 heterocycles. The molecule has 2 rings (SSSR count). The van der Waals surface area contributed by atoms with Gasteiger partial charge in [0.1, 0.15) is 5.75 Å². The van der Waals surface area contributed by atoms with E-state index in [0.717, 1.165) is 16.2 Å². The molecule has 0 aliphatic rings. The van der Waals surface area contributed by atoms with Crippen molar-refractivity contribution in [2.75, 3.05) is 17.7 Å². The number of thioether (sulfide) groups is 1. The minimum atomic E-state index is -0.0750. The number of amides is 1. The summed E-state index contributed by atoms with van der Waals surface area (Å²) in [7, 11) is 0. The number of benzene rings is 2. The van der Waals surface area contributed by atoms with Crippen molar-refractivity contribution in [2.24, 2.45) is 0 Å². The quantitative estimate of drug-likeness (QED) is 0.769. The fraction of sp³-hybridized carbons (Fsp3) is 0.235. The first kappa shape index (κ1) is 16.4. The first-order chi connectivity index (χ1) is 10.7. The number of ether oxygens (including phenoxy) is 1. The summed E-state index contributed by atoms with van der Waals surface area (Å²) in [5.74, 6) is 1.09. The van der Waals surface area contributed by atoms with E-state index in [0.29, 0.717) is 18.0 Å². The van der Waals surface area contributed by atoms with Crippen LogP contribution in [-0.2, 0) is 11.4 Å². The van der Waals surface area contributed by atoms with Gasteiger partial charge in [0.05, 0.1) is 19.0 Å². The van der Waals surface area contributed by atoms with Gasteiger partial charge in [0, 0.05) is 10.6 Å². The summed E-state index contributed by atoms with van der Waals surface area (Å²) in [6.45, 7) is 2.55. The average Bonchev–Trinajstić information content (AvgIpc) is 2.55. The highest BCUT2D eigenvalue weighted by Gasteiger charge is 2.04. The Labute approximate surface area is 134 Å². The van der Waals surface area contributed by atoms with Crippen molar-refractivity contribution in [3.8, 4) is 5.75 Å². The van der Waals surface area contributed by atoms with Crippen LogP contribution < -0.4 is 10.1 Å². The SMILES string of the molecule is CCOc1ccc(SCC(=O)Nc2cccc(CO)c2)cc1. The summed E-state index contributed by atoms with van der Waals surface area (Å²) in [5.41, 5.74) is 1.47. The first-order valence-corrected chi connectivity index (χ1v) is 8.05. The maximum absolute atomic E-state index is 11.9. The van der Waals surface area contributed by atoms with Crippen LogP contribution in [0.3, 0.4) is 0 Å². The maximum Gasteiger partial charge on any atom is 0.234 e. The highest BCUT2D eigenvalue weighted by Crippen LogP contribution is 2.21. The summed E-state index contributed by atoms with van der Waals surface area (Å²) in [4.78, 5) is 13.0. The van der Waals surface area contributed by atoms with E-state index in [4.69, 9.17) is 9.84 Å². The molecule has 2 aromatic rings. The Balaban J connectivity index is 1.84. The highest BCUT2D eigenvalue weighted by molar-refractivity contribution is 8.00. The van der Waals surface area contributed by atoms with Crippen LogP contribution in [0.2, 0.25) is 0 Å². The standard InChI is InChI=1S/C17H19NO3S/c1-2-21-15-6-8-16(9-7-15)22-12-17(20)18-14-5-3-4-13(10-14)11-19/h3-10,19H,2,11-12H2,1H3,(H,18,20). The number of carbonyl (C=O) groups is 1. The fourth-order valence-electron chi connectivity index (χ4n) is 1.89. The molecule has 0 aliphatic carbocycles. The van der Waals surface area contributed by atoms with Crippen LogP contribution in [0.5, 0.6) is 5.75 Å². The van der Waals surface area contributed by atoms with E-state index in [1.165, 1.54) is 11.8 Å². The molecule has 0 saturated heterocycles. The smallest absolute Gasteiger partial charge is 0.234 e. The molecule has 22 heavy (non-hydrogen) atoms. The molecular weight excluding hydrogens is 298 g/mol. The van der Waals surface area contributed by atoms with Crippen molar-refractivity contribution in [2.45, 2.75) is 18.4 Å². The lowest BCUT2D eigenvalue weighted by atomic mass is 10.2. The molecule has 0 atom stereocenters. The average molecular weight is 317 g/mol. The number of hydrogen-bond acceptors (Lipinski definition) is 4. The molecule has 0 aliphatic heterocycles. The minimum absolute atomic E-state index is 0.0371. The van der Waals surface area contributed by atoms with Crippen LogP contribution in [0.15, 0.2) is 53.4 Å². The van der Waals surface area contributed by atoms with Gasteiger partial charge in [-0.1, -0.05) is 12.1 Å². The first-order valence-electron chi connectivity index (χ1n) is 7.06. The van der Waals surface area contributed by atoms with Gasteiger partial charge in [-0.2, -0.15) is 0 Å². The fourth-order valence-corrected chi connectivity index (χ4v) is 2.59. The Hall–Kier alpha value is -1.98. The molecule has 2 aromatic carbocycles. The predicted molar refractivity (Wildman–Crippen MR) is 89.3 cm³/mol. The summed E-state index contributed by atoms with van der Waals surface area (Å²) >= 11 is 1.47. The van der Waals surface area contributed by atoms with Gasteiger partial charge in [-0.3, -0.25) is 4.79 Å². The van der Waals surface area contributed by atoms with Crippen LogP contribution >= 0.6 is 11.8 Å². The molecule has 0 fully saturated rings.